The third kappa shape index (κ3) is 5.22. The topological polar surface area (TPSA) is 49.4 Å². The van der Waals surface area contributed by atoms with Crippen molar-refractivity contribution in [3.63, 3.8) is 0 Å². The van der Waals surface area contributed by atoms with E-state index in [2.05, 4.69) is 21.2 Å². The van der Waals surface area contributed by atoms with Crippen molar-refractivity contribution >= 4 is 50.9 Å². The van der Waals surface area contributed by atoms with E-state index < -0.39 is 6.04 Å². The Hall–Kier alpha value is -1.56. The highest BCUT2D eigenvalue weighted by Gasteiger charge is 2.26. The van der Waals surface area contributed by atoms with Crippen molar-refractivity contribution in [1.82, 2.24) is 10.2 Å². The fourth-order valence-electron chi connectivity index (χ4n) is 2.58. The number of hydrogen-bond donors (Lipinski definition) is 1. The summed E-state index contributed by atoms with van der Waals surface area (Å²) < 4.78 is 0.907. The maximum absolute atomic E-state index is 13.0. The Bertz CT molecular complexity index is 794. The summed E-state index contributed by atoms with van der Waals surface area (Å²) in [4.78, 5) is 26.6. The molecule has 0 aliphatic rings. The van der Waals surface area contributed by atoms with Gasteiger partial charge in [0.05, 0.1) is 6.42 Å². The molecule has 0 bridgehead atoms. The molecule has 0 aliphatic heterocycles. The summed E-state index contributed by atoms with van der Waals surface area (Å²) >= 11 is 15.8. The molecule has 0 spiro atoms. The Kier molecular flexibility index (Phi) is 7.50. The third-order valence-electron chi connectivity index (χ3n) is 4.05. The number of carbonyl (C=O) groups excluding carboxylic acids is 2. The van der Waals surface area contributed by atoms with E-state index in [0.29, 0.717) is 22.2 Å². The van der Waals surface area contributed by atoms with E-state index in [1.54, 1.807) is 32.2 Å². The van der Waals surface area contributed by atoms with Gasteiger partial charge in [-0.2, -0.15) is 0 Å². The SMILES string of the molecule is CNC(=O)[C@H](C)N(Cc1cccc(Br)c1)C(=O)Cc1c(Cl)cccc1Cl. The number of rotatable bonds is 6. The van der Waals surface area contributed by atoms with Crippen LogP contribution >= 0.6 is 39.1 Å². The van der Waals surface area contributed by atoms with Crippen LogP contribution in [0.4, 0.5) is 0 Å². The molecule has 0 aromatic heterocycles. The van der Waals surface area contributed by atoms with Crippen LogP contribution in [-0.2, 0) is 22.6 Å². The van der Waals surface area contributed by atoms with Gasteiger partial charge in [0, 0.05) is 28.1 Å². The molecule has 0 unspecified atom stereocenters. The van der Waals surface area contributed by atoms with Crippen LogP contribution in [0, 0.1) is 0 Å². The van der Waals surface area contributed by atoms with Gasteiger partial charge >= 0.3 is 0 Å². The molecule has 1 N–H and O–H groups in total. The first kappa shape index (κ1) is 20.7. The van der Waals surface area contributed by atoms with Gasteiger partial charge in [-0.25, -0.2) is 0 Å². The standard InChI is InChI=1S/C19H19BrCl2N2O2/c1-12(19(26)23-2)24(11-13-5-3-6-14(20)9-13)18(25)10-15-16(21)7-4-8-17(15)22/h3-9,12H,10-11H2,1-2H3,(H,23,26)/t12-/m0/s1. The molecule has 0 saturated heterocycles. The van der Waals surface area contributed by atoms with Crippen LogP contribution < -0.4 is 5.32 Å². The van der Waals surface area contributed by atoms with E-state index in [1.165, 1.54) is 4.90 Å². The van der Waals surface area contributed by atoms with Crippen molar-refractivity contribution in [2.24, 2.45) is 0 Å². The van der Waals surface area contributed by atoms with Crippen LogP contribution in [-0.4, -0.2) is 29.8 Å². The second-order valence-corrected chi connectivity index (χ2v) is 7.55. The van der Waals surface area contributed by atoms with Gasteiger partial charge in [0.25, 0.3) is 0 Å². The van der Waals surface area contributed by atoms with E-state index in [9.17, 15) is 9.59 Å². The van der Waals surface area contributed by atoms with Gasteiger partial charge in [0.2, 0.25) is 11.8 Å². The molecule has 2 rings (SSSR count). The minimum absolute atomic E-state index is 0.0217. The quantitative estimate of drug-likeness (QED) is 0.695. The van der Waals surface area contributed by atoms with Crippen molar-refractivity contribution in [2.75, 3.05) is 7.05 Å². The Balaban J connectivity index is 2.30. The van der Waals surface area contributed by atoms with Gasteiger partial charge in [0.1, 0.15) is 6.04 Å². The molecule has 2 aromatic rings. The van der Waals surface area contributed by atoms with Crippen LogP contribution in [0.25, 0.3) is 0 Å². The number of nitrogens with zero attached hydrogens (tertiary/aromatic N) is 1. The lowest BCUT2D eigenvalue weighted by Gasteiger charge is -2.28. The van der Waals surface area contributed by atoms with Crippen molar-refractivity contribution in [3.05, 3.63) is 68.1 Å². The zero-order valence-electron chi connectivity index (χ0n) is 14.4. The number of halogens is 3. The summed E-state index contributed by atoms with van der Waals surface area (Å²) in [6.45, 7) is 2.00. The summed E-state index contributed by atoms with van der Waals surface area (Å²) in [5, 5.41) is 3.45. The Morgan fingerprint density at radius 2 is 1.77 bits per heavy atom. The smallest absolute Gasteiger partial charge is 0.242 e. The molecule has 26 heavy (non-hydrogen) atoms. The molecule has 0 fully saturated rings. The zero-order chi connectivity index (χ0) is 19.3. The Morgan fingerprint density at radius 1 is 1.15 bits per heavy atom. The second kappa shape index (κ2) is 9.40. The summed E-state index contributed by atoms with van der Waals surface area (Å²) in [5.41, 5.74) is 1.47. The van der Waals surface area contributed by atoms with Gasteiger partial charge < -0.3 is 10.2 Å². The van der Waals surface area contributed by atoms with Crippen molar-refractivity contribution in [3.8, 4) is 0 Å². The largest absolute Gasteiger partial charge is 0.357 e. The summed E-state index contributed by atoms with van der Waals surface area (Å²) in [5.74, 6) is -0.463. The van der Waals surface area contributed by atoms with Gasteiger partial charge in [0.15, 0.2) is 0 Å². The van der Waals surface area contributed by atoms with Crippen molar-refractivity contribution in [2.45, 2.75) is 25.9 Å². The number of hydrogen-bond acceptors (Lipinski definition) is 2. The fraction of sp³-hybridized carbons (Fsp3) is 0.263. The number of benzene rings is 2. The maximum atomic E-state index is 13.0. The van der Waals surface area contributed by atoms with Gasteiger partial charge in [-0.1, -0.05) is 57.3 Å². The van der Waals surface area contributed by atoms with E-state index in [1.807, 2.05) is 24.3 Å². The maximum Gasteiger partial charge on any atom is 0.242 e. The van der Waals surface area contributed by atoms with Gasteiger partial charge in [-0.15, -0.1) is 0 Å². The number of likely N-dealkylation sites (N-methyl/N-ethyl adjacent to an activating group) is 1. The normalized spacial score (nSPS) is 11.7. The monoisotopic (exact) mass is 456 g/mol. The lowest BCUT2D eigenvalue weighted by molar-refractivity contribution is -0.139. The highest BCUT2D eigenvalue weighted by molar-refractivity contribution is 9.10. The van der Waals surface area contributed by atoms with Crippen LogP contribution in [0.5, 0.6) is 0 Å². The molecule has 7 heteroatoms. The van der Waals surface area contributed by atoms with Crippen molar-refractivity contribution < 1.29 is 9.59 Å². The molecule has 2 amide bonds. The van der Waals surface area contributed by atoms with Gasteiger partial charge in [-0.05, 0) is 42.3 Å². The molecule has 2 aromatic carbocycles. The van der Waals surface area contributed by atoms with E-state index in [-0.39, 0.29) is 18.2 Å². The summed E-state index contributed by atoms with van der Waals surface area (Å²) in [6.07, 6.45) is 0.0217. The molecule has 0 aliphatic carbocycles. The highest BCUT2D eigenvalue weighted by Crippen LogP contribution is 2.26. The molecule has 138 valence electrons. The average Bonchev–Trinajstić information content (AvgIpc) is 2.61. The molecular weight excluding hydrogens is 439 g/mol. The van der Waals surface area contributed by atoms with Crippen LogP contribution in [0.2, 0.25) is 10.0 Å². The zero-order valence-corrected chi connectivity index (χ0v) is 17.5. The lowest BCUT2D eigenvalue weighted by Crippen LogP contribution is -2.47. The van der Waals surface area contributed by atoms with E-state index in [0.717, 1.165) is 10.0 Å². The third-order valence-corrected chi connectivity index (χ3v) is 5.25. The lowest BCUT2D eigenvalue weighted by atomic mass is 10.1. The van der Waals surface area contributed by atoms with E-state index >= 15 is 0 Å². The molecule has 0 radical (unpaired) electrons. The summed E-state index contributed by atoms with van der Waals surface area (Å²) in [7, 11) is 1.55. The number of amides is 2. The predicted molar refractivity (Wildman–Crippen MR) is 108 cm³/mol. The fourth-order valence-corrected chi connectivity index (χ4v) is 3.56. The minimum atomic E-state index is -0.632. The average molecular weight is 458 g/mol. The molecule has 1 atom stereocenters. The first-order chi connectivity index (χ1) is 12.3. The first-order valence-corrected chi connectivity index (χ1v) is 9.56. The highest BCUT2D eigenvalue weighted by atomic mass is 79.9. The van der Waals surface area contributed by atoms with Gasteiger partial charge in [-0.3, -0.25) is 9.59 Å². The van der Waals surface area contributed by atoms with Crippen molar-refractivity contribution in [1.29, 1.82) is 0 Å². The minimum Gasteiger partial charge on any atom is -0.357 e. The Labute approximate surface area is 171 Å². The molecule has 0 saturated carbocycles. The molecule has 0 heterocycles. The van der Waals surface area contributed by atoms with Crippen LogP contribution in [0.3, 0.4) is 0 Å². The molecule has 4 nitrogen and oxygen atoms in total. The van der Waals surface area contributed by atoms with Crippen LogP contribution in [0.15, 0.2) is 46.9 Å². The second-order valence-electron chi connectivity index (χ2n) is 5.82. The van der Waals surface area contributed by atoms with E-state index in [4.69, 9.17) is 23.2 Å². The number of carbonyl (C=O) groups is 2. The predicted octanol–water partition coefficient (Wildman–Crippen LogP) is 4.46. The molecular formula is C19H19BrCl2N2O2. The summed E-state index contributed by atoms with van der Waals surface area (Å²) in [6, 6.07) is 12.1. The number of nitrogens with one attached hydrogen (secondary N) is 1. The van der Waals surface area contributed by atoms with Crippen LogP contribution in [0.1, 0.15) is 18.1 Å². The first-order valence-electron chi connectivity index (χ1n) is 8.02. The Morgan fingerprint density at radius 3 is 2.35 bits per heavy atom.